The van der Waals surface area contributed by atoms with E-state index in [4.69, 9.17) is 9.47 Å². The zero-order chi connectivity index (χ0) is 28.6. The number of hydrogen-bond acceptors (Lipinski definition) is 7. The number of fused-ring (bicyclic) bond motifs is 2. The van der Waals surface area contributed by atoms with Gasteiger partial charge in [-0.25, -0.2) is 8.42 Å². The lowest BCUT2D eigenvalue weighted by Gasteiger charge is -2.30. The summed E-state index contributed by atoms with van der Waals surface area (Å²) in [6, 6.07) is 18.9. The smallest absolute Gasteiger partial charge is 0.251 e. The lowest BCUT2D eigenvalue weighted by atomic mass is 9.93. The highest BCUT2D eigenvalue weighted by Crippen LogP contribution is 2.37. The average molecular weight is 573 g/mol. The number of amides is 1. The summed E-state index contributed by atoms with van der Waals surface area (Å²) in [5.74, 6) is 1.21. The maximum Gasteiger partial charge on any atom is 0.251 e. The van der Waals surface area contributed by atoms with Crippen LogP contribution in [0.2, 0.25) is 0 Å². The molecule has 9 heteroatoms. The second-order valence-corrected chi connectivity index (χ2v) is 13.0. The molecule has 1 aliphatic carbocycles. The Morgan fingerprint density at radius 2 is 1.63 bits per heavy atom. The van der Waals surface area contributed by atoms with Crippen molar-refractivity contribution in [2.24, 2.45) is 0 Å². The number of nitrogens with one attached hydrogen (secondary N) is 1. The molecule has 3 aromatic carbocycles. The number of rotatable bonds is 6. The molecule has 0 atom stereocenters. The van der Waals surface area contributed by atoms with Crippen LogP contribution in [0, 0.1) is 0 Å². The Kier molecular flexibility index (Phi) is 7.40. The minimum atomic E-state index is -3.56. The van der Waals surface area contributed by atoms with Crippen molar-refractivity contribution in [2.45, 2.75) is 49.6 Å². The number of carbonyl (C=O) groups excluding carboxylic acids is 2. The lowest BCUT2D eigenvalue weighted by Crippen LogP contribution is -2.34. The van der Waals surface area contributed by atoms with Gasteiger partial charge in [-0.1, -0.05) is 24.3 Å². The molecular weight excluding hydrogens is 540 g/mol. The monoisotopic (exact) mass is 572 g/mol. The fourth-order valence-electron chi connectivity index (χ4n) is 5.68. The third-order valence-electron chi connectivity index (χ3n) is 8.09. The number of benzene rings is 3. The third kappa shape index (κ3) is 5.92. The van der Waals surface area contributed by atoms with Gasteiger partial charge in [-0.3, -0.25) is 14.5 Å². The van der Waals surface area contributed by atoms with Crippen LogP contribution in [0.3, 0.4) is 0 Å². The Morgan fingerprint density at radius 1 is 0.927 bits per heavy atom. The van der Waals surface area contributed by atoms with Gasteiger partial charge in [0.25, 0.3) is 5.91 Å². The number of nitrogens with zero attached hydrogens (tertiary/aromatic N) is 1. The van der Waals surface area contributed by atoms with Crippen molar-refractivity contribution >= 4 is 33.3 Å². The van der Waals surface area contributed by atoms with Crippen LogP contribution >= 0.6 is 0 Å². The first-order chi connectivity index (χ1) is 19.7. The molecular formula is C32H32N2O6S. The lowest BCUT2D eigenvalue weighted by molar-refractivity contribution is -0.121. The molecule has 3 aliphatic rings. The third-order valence-corrected chi connectivity index (χ3v) is 9.88. The van der Waals surface area contributed by atoms with Gasteiger partial charge in [-0.05, 0) is 91.0 Å². The van der Waals surface area contributed by atoms with Gasteiger partial charge in [-0.15, -0.1) is 0 Å². The highest BCUT2D eigenvalue weighted by Gasteiger charge is 2.26. The van der Waals surface area contributed by atoms with Gasteiger partial charge in [0, 0.05) is 36.7 Å². The summed E-state index contributed by atoms with van der Waals surface area (Å²) in [7, 11) is -1.47. The van der Waals surface area contributed by atoms with Gasteiger partial charge in [0.15, 0.2) is 21.3 Å². The average Bonchev–Trinajstić information content (AvgIpc) is 3.39. The van der Waals surface area contributed by atoms with Gasteiger partial charge < -0.3 is 14.8 Å². The maximum atomic E-state index is 13.3. The first kappa shape index (κ1) is 27.2. The van der Waals surface area contributed by atoms with Crippen molar-refractivity contribution < 1.29 is 27.5 Å². The van der Waals surface area contributed by atoms with Gasteiger partial charge in [0.05, 0.1) is 10.6 Å². The Balaban J connectivity index is 1.18. The highest BCUT2D eigenvalue weighted by molar-refractivity contribution is 7.91. The fourth-order valence-corrected chi connectivity index (χ4v) is 7.14. The minimum absolute atomic E-state index is 0.120. The van der Waals surface area contributed by atoms with Crippen molar-refractivity contribution in [2.75, 3.05) is 24.9 Å². The molecule has 1 saturated carbocycles. The first-order valence-corrected chi connectivity index (χ1v) is 15.5. The molecule has 1 amide bonds. The number of sulfone groups is 1. The van der Waals surface area contributed by atoms with Crippen LogP contribution in [0.15, 0.2) is 71.1 Å². The predicted octanol–water partition coefficient (Wildman–Crippen LogP) is 5.23. The van der Waals surface area contributed by atoms with E-state index in [2.05, 4.69) is 17.3 Å². The van der Waals surface area contributed by atoms with Crippen LogP contribution in [-0.2, 0) is 26.0 Å². The van der Waals surface area contributed by atoms with E-state index in [1.54, 1.807) is 24.3 Å². The molecule has 1 N–H and O–H groups in total. The molecule has 0 aromatic heterocycles. The zero-order valence-corrected chi connectivity index (χ0v) is 23.7. The number of hydrogen-bond donors (Lipinski definition) is 1. The van der Waals surface area contributed by atoms with E-state index in [1.807, 2.05) is 42.5 Å². The van der Waals surface area contributed by atoms with Crippen molar-refractivity contribution in [3.63, 3.8) is 0 Å². The van der Waals surface area contributed by atoms with Gasteiger partial charge in [0.2, 0.25) is 6.79 Å². The number of anilines is 1. The van der Waals surface area contributed by atoms with Crippen LogP contribution in [0.25, 0.3) is 17.2 Å². The highest BCUT2D eigenvalue weighted by atomic mass is 32.2. The Hall–Kier alpha value is -3.95. The molecule has 6 rings (SSSR count). The molecule has 3 aromatic rings. The summed E-state index contributed by atoms with van der Waals surface area (Å²) in [4.78, 5) is 27.3. The van der Waals surface area contributed by atoms with Crippen LogP contribution in [-0.4, -0.2) is 50.6 Å². The van der Waals surface area contributed by atoms with E-state index in [-0.39, 0.29) is 29.8 Å². The number of carbonyl (C=O) groups is 2. The zero-order valence-electron chi connectivity index (χ0n) is 22.9. The van der Waals surface area contributed by atoms with E-state index in [1.165, 1.54) is 0 Å². The quantitative estimate of drug-likeness (QED) is 0.432. The molecule has 0 bridgehead atoms. The Labute approximate surface area is 239 Å². The van der Waals surface area contributed by atoms with Crippen molar-refractivity contribution in [1.82, 2.24) is 4.90 Å². The summed E-state index contributed by atoms with van der Waals surface area (Å²) in [6.07, 6.45) is 4.91. The van der Waals surface area contributed by atoms with E-state index >= 15 is 0 Å². The van der Waals surface area contributed by atoms with Crippen LogP contribution in [0.1, 0.15) is 43.2 Å². The predicted molar refractivity (Wildman–Crippen MR) is 156 cm³/mol. The summed E-state index contributed by atoms with van der Waals surface area (Å²) in [5.41, 5.74) is 4.34. The molecule has 2 heterocycles. The Bertz CT molecular complexity index is 1640. The summed E-state index contributed by atoms with van der Waals surface area (Å²) in [6.45, 7) is 0.935. The maximum absolute atomic E-state index is 13.3. The molecule has 41 heavy (non-hydrogen) atoms. The van der Waals surface area contributed by atoms with Crippen molar-refractivity contribution in [3.8, 4) is 22.6 Å². The second-order valence-electron chi connectivity index (χ2n) is 10.9. The summed E-state index contributed by atoms with van der Waals surface area (Å²) in [5, 5.41) is 2.94. The molecule has 0 saturated heterocycles. The van der Waals surface area contributed by atoms with Gasteiger partial charge >= 0.3 is 0 Å². The SMILES string of the molecule is CN(Cc1ccc(NC(=O)C2=Cc3cc(-c4ccc5c(c4)OCO5)ccc3S(=O)(=O)CC2)cc1)C1CCC(=O)CC1. The standard InChI is InChI=1S/C32H32N2O6S/c1-34(27-8-10-28(35)11-9-27)19-21-2-6-26(7-3-21)33-32(36)24-14-15-41(37,38)31-13-5-22(16-25(31)17-24)23-4-12-29-30(18-23)40-20-39-29/h2-7,12-13,16-18,27H,8-11,14-15,19-20H2,1H3,(H,33,36). The normalized spacial score (nSPS) is 18.0. The number of ether oxygens (including phenoxy) is 2. The van der Waals surface area contributed by atoms with Crippen LogP contribution < -0.4 is 14.8 Å². The second kappa shape index (κ2) is 11.1. The topological polar surface area (TPSA) is 102 Å². The van der Waals surface area contributed by atoms with Crippen molar-refractivity contribution in [1.29, 1.82) is 0 Å². The molecule has 212 valence electrons. The molecule has 0 unspecified atom stereocenters. The molecule has 2 aliphatic heterocycles. The van der Waals surface area contributed by atoms with Crippen molar-refractivity contribution in [3.05, 3.63) is 77.4 Å². The van der Waals surface area contributed by atoms with E-state index in [9.17, 15) is 18.0 Å². The molecule has 0 spiro atoms. The van der Waals surface area contributed by atoms with Crippen LogP contribution in [0.5, 0.6) is 11.5 Å². The fraction of sp³-hybridized carbons (Fsp3) is 0.312. The van der Waals surface area contributed by atoms with E-state index in [0.29, 0.717) is 53.0 Å². The molecule has 1 fully saturated rings. The molecule has 0 radical (unpaired) electrons. The summed E-state index contributed by atoms with van der Waals surface area (Å²) >= 11 is 0. The first-order valence-electron chi connectivity index (χ1n) is 13.8. The van der Waals surface area contributed by atoms with Crippen LogP contribution in [0.4, 0.5) is 5.69 Å². The van der Waals surface area contributed by atoms with Gasteiger partial charge in [-0.2, -0.15) is 0 Å². The number of ketones is 1. The summed E-state index contributed by atoms with van der Waals surface area (Å²) < 4.78 is 37.0. The largest absolute Gasteiger partial charge is 0.454 e. The minimum Gasteiger partial charge on any atom is -0.454 e. The van der Waals surface area contributed by atoms with E-state index in [0.717, 1.165) is 36.1 Å². The Morgan fingerprint density at radius 3 is 2.41 bits per heavy atom. The molecule has 8 nitrogen and oxygen atoms in total. The van der Waals surface area contributed by atoms with Gasteiger partial charge in [0.1, 0.15) is 5.78 Å². The number of Topliss-reactive ketones (excluding diaryl/α,β-unsaturated/α-hetero) is 1. The van der Waals surface area contributed by atoms with E-state index < -0.39 is 9.84 Å².